The number of nitrogens with two attached hydrogens (primary N) is 1. The molecular weight excluding hydrogens is 252 g/mol. The van der Waals surface area contributed by atoms with Crippen LogP contribution in [-0.4, -0.2) is 13.1 Å². The van der Waals surface area contributed by atoms with Crippen LogP contribution in [0.3, 0.4) is 0 Å². The third kappa shape index (κ3) is 2.27. The van der Waals surface area contributed by atoms with Crippen molar-refractivity contribution in [2.24, 2.45) is 5.73 Å². The van der Waals surface area contributed by atoms with E-state index in [1.165, 1.54) is 21.2 Å². The van der Waals surface area contributed by atoms with Crippen LogP contribution >= 0.6 is 11.8 Å². The lowest BCUT2D eigenvalue weighted by Gasteiger charge is -2.33. The highest BCUT2D eigenvalue weighted by Crippen LogP contribution is 2.47. The molecule has 0 saturated carbocycles. The summed E-state index contributed by atoms with van der Waals surface area (Å²) in [4.78, 5) is 4.87. The predicted octanol–water partition coefficient (Wildman–Crippen LogP) is 3.80. The minimum absolute atomic E-state index is 0.522. The van der Waals surface area contributed by atoms with Crippen molar-refractivity contribution in [1.29, 1.82) is 0 Å². The average molecular weight is 268 g/mol. The molecule has 3 heteroatoms. The van der Waals surface area contributed by atoms with Crippen LogP contribution in [0, 0.1) is 0 Å². The molecule has 3 rings (SSSR count). The first kappa shape index (κ1) is 12.3. The third-order valence-electron chi connectivity index (χ3n) is 3.20. The zero-order valence-electron chi connectivity index (χ0n) is 10.7. The fourth-order valence-corrected chi connectivity index (χ4v) is 3.34. The number of nitrogens with zero attached hydrogens (tertiary/aromatic N) is 1. The van der Waals surface area contributed by atoms with E-state index < -0.39 is 0 Å². The first-order valence-electron chi connectivity index (χ1n) is 6.30. The highest BCUT2D eigenvalue weighted by Gasteiger charge is 2.22. The van der Waals surface area contributed by atoms with Gasteiger partial charge in [-0.25, -0.2) is 0 Å². The van der Waals surface area contributed by atoms with Crippen LogP contribution in [0.1, 0.15) is 0 Å². The van der Waals surface area contributed by atoms with Crippen molar-refractivity contribution in [2.45, 2.75) is 9.79 Å². The molecule has 0 aromatic heterocycles. The molecule has 0 fully saturated rings. The number of hydrogen-bond donors (Lipinski definition) is 1. The molecule has 19 heavy (non-hydrogen) atoms. The number of para-hydroxylation sites is 2. The molecule has 2 N–H and O–H groups in total. The van der Waals surface area contributed by atoms with Crippen LogP contribution in [0.5, 0.6) is 0 Å². The Labute approximate surface area is 117 Å². The molecule has 96 valence electrons. The lowest BCUT2D eigenvalue weighted by molar-refractivity contribution is 0.959. The fraction of sp³-hybridized carbons (Fsp3) is 0.125. The Hall–Kier alpha value is -1.71. The van der Waals surface area contributed by atoms with Gasteiger partial charge < -0.3 is 10.6 Å². The summed E-state index contributed by atoms with van der Waals surface area (Å²) in [5, 5.41) is 0. The molecule has 0 amide bonds. The van der Waals surface area contributed by atoms with Crippen LogP contribution in [0.15, 0.2) is 70.5 Å². The van der Waals surface area contributed by atoms with Crippen LogP contribution in [0.25, 0.3) is 0 Å². The average Bonchev–Trinajstić information content (AvgIpc) is 2.46. The van der Waals surface area contributed by atoms with Crippen molar-refractivity contribution in [3.8, 4) is 0 Å². The molecule has 0 atom stereocenters. The zero-order chi connectivity index (χ0) is 13.2. The summed E-state index contributed by atoms with van der Waals surface area (Å²) in [7, 11) is 0. The Balaban J connectivity index is 2.08. The minimum Gasteiger partial charge on any atom is -0.335 e. The lowest BCUT2D eigenvalue weighted by Crippen LogP contribution is -2.25. The van der Waals surface area contributed by atoms with Crippen molar-refractivity contribution in [3.63, 3.8) is 0 Å². The second-order valence-corrected chi connectivity index (χ2v) is 5.66. The van der Waals surface area contributed by atoms with Gasteiger partial charge in [-0.05, 0) is 29.8 Å². The van der Waals surface area contributed by atoms with Gasteiger partial charge >= 0.3 is 0 Å². The summed E-state index contributed by atoms with van der Waals surface area (Å²) >= 11 is 1.82. The van der Waals surface area contributed by atoms with Crippen LogP contribution in [0.4, 0.5) is 11.4 Å². The van der Waals surface area contributed by atoms with E-state index in [9.17, 15) is 0 Å². The van der Waals surface area contributed by atoms with Gasteiger partial charge in [-0.1, -0.05) is 42.6 Å². The monoisotopic (exact) mass is 268 g/mol. The van der Waals surface area contributed by atoms with E-state index in [-0.39, 0.29) is 0 Å². The normalized spacial score (nSPS) is 12.8. The van der Waals surface area contributed by atoms with Crippen molar-refractivity contribution < 1.29 is 0 Å². The van der Waals surface area contributed by atoms with Gasteiger partial charge in [0.1, 0.15) is 0 Å². The van der Waals surface area contributed by atoms with Crippen molar-refractivity contribution in [3.05, 3.63) is 60.7 Å². The van der Waals surface area contributed by atoms with Gasteiger partial charge in [0.05, 0.1) is 11.4 Å². The standard InChI is InChI=1S/C16H16N2S/c1-12(10-17)11-18-13-6-2-4-8-15(13)19-16-9-5-3-7-14(16)18/h2-9H,1,10-11,17H2. The van der Waals surface area contributed by atoms with E-state index in [1.54, 1.807) is 0 Å². The number of benzene rings is 2. The Morgan fingerprint density at radius 2 is 1.53 bits per heavy atom. The van der Waals surface area contributed by atoms with Gasteiger partial charge in [0.15, 0.2) is 0 Å². The molecule has 0 unspecified atom stereocenters. The number of fused-ring (bicyclic) bond motifs is 2. The summed E-state index contributed by atoms with van der Waals surface area (Å²) in [6.07, 6.45) is 0. The SMILES string of the molecule is C=C(CN)CN1c2ccccc2Sc2ccccc21. The second-order valence-electron chi connectivity index (χ2n) is 4.58. The molecule has 0 saturated heterocycles. The maximum atomic E-state index is 5.70. The van der Waals surface area contributed by atoms with Gasteiger partial charge in [0.25, 0.3) is 0 Å². The quantitative estimate of drug-likeness (QED) is 0.858. The molecule has 0 aliphatic carbocycles. The van der Waals surface area contributed by atoms with Crippen molar-refractivity contribution in [1.82, 2.24) is 0 Å². The Morgan fingerprint density at radius 1 is 1.00 bits per heavy atom. The minimum atomic E-state index is 0.522. The van der Waals surface area contributed by atoms with Gasteiger partial charge in [-0.3, -0.25) is 0 Å². The number of anilines is 2. The predicted molar refractivity (Wildman–Crippen MR) is 82.2 cm³/mol. The first-order chi connectivity index (χ1) is 9.29. The van der Waals surface area contributed by atoms with Crippen LogP contribution in [-0.2, 0) is 0 Å². The molecule has 1 aliphatic rings. The molecule has 2 nitrogen and oxygen atoms in total. The van der Waals surface area contributed by atoms with Crippen molar-refractivity contribution >= 4 is 23.1 Å². The highest BCUT2D eigenvalue weighted by atomic mass is 32.2. The van der Waals surface area contributed by atoms with Gasteiger partial charge in [0, 0.05) is 22.9 Å². The van der Waals surface area contributed by atoms with Crippen LogP contribution in [0.2, 0.25) is 0 Å². The van der Waals surface area contributed by atoms with Gasteiger partial charge in [-0.15, -0.1) is 0 Å². The van der Waals surface area contributed by atoms with E-state index in [4.69, 9.17) is 5.73 Å². The third-order valence-corrected chi connectivity index (χ3v) is 4.33. The summed E-state index contributed by atoms with van der Waals surface area (Å²) in [6, 6.07) is 16.9. The van der Waals surface area contributed by atoms with E-state index >= 15 is 0 Å². The molecule has 1 aliphatic heterocycles. The van der Waals surface area contributed by atoms with Crippen molar-refractivity contribution in [2.75, 3.05) is 18.0 Å². The van der Waals surface area contributed by atoms with E-state index in [0.717, 1.165) is 12.1 Å². The molecule has 0 radical (unpaired) electrons. The topological polar surface area (TPSA) is 29.3 Å². The van der Waals surface area contributed by atoms with E-state index in [1.807, 2.05) is 11.8 Å². The maximum Gasteiger partial charge on any atom is 0.0555 e. The van der Waals surface area contributed by atoms with Gasteiger partial charge in [-0.2, -0.15) is 0 Å². The fourth-order valence-electron chi connectivity index (χ4n) is 2.24. The van der Waals surface area contributed by atoms with E-state index in [0.29, 0.717) is 6.54 Å². The van der Waals surface area contributed by atoms with Crippen LogP contribution < -0.4 is 10.6 Å². The molecule has 2 aromatic carbocycles. The first-order valence-corrected chi connectivity index (χ1v) is 7.11. The zero-order valence-corrected chi connectivity index (χ0v) is 11.5. The Bertz CT molecular complexity index is 576. The molecule has 0 bridgehead atoms. The molecular formula is C16H16N2S. The Morgan fingerprint density at radius 3 is 2.05 bits per heavy atom. The summed E-state index contributed by atoms with van der Waals surface area (Å²) in [6.45, 7) is 5.33. The second kappa shape index (κ2) is 5.11. The van der Waals surface area contributed by atoms with Gasteiger partial charge in [0.2, 0.25) is 0 Å². The summed E-state index contributed by atoms with van der Waals surface area (Å²) < 4.78 is 0. The molecule has 1 heterocycles. The molecule has 0 spiro atoms. The maximum absolute atomic E-state index is 5.70. The van der Waals surface area contributed by atoms with E-state index in [2.05, 4.69) is 60.0 Å². The lowest BCUT2D eigenvalue weighted by atomic mass is 10.2. The molecule has 2 aromatic rings. The number of hydrogen-bond acceptors (Lipinski definition) is 3. The summed E-state index contributed by atoms with van der Waals surface area (Å²) in [5.41, 5.74) is 9.21. The summed E-state index contributed by atoms with van der Waals surface area (Å²) in [5.74, 6) is 0. The highest BCUT2D eigenvalue weighted by molar-refractivity contribution is 7.99. The smallest absolute Gasteiger partial charge is 0.0555 e. The Kier molecular flexibility index (Phi) is 3.32. The largest absolute Gasteiger partial charge is 0.335 e. The number of rotatable bonds is 3.